The predicted octanol–water partition coefficient (Wildman–Crippen LogP) is 3.24. The summed E-state index contributed by atoms with van der Waals surface area (Å²) in [7, 11) is 0. The van der Waals surface area contributed by atoms with E-state index < -0.39 is 103 Å². The van der Waals surface area contributed by atoms with Gasteiger partial charge in [0.1, 0.15) is 24.2 Å². The number of unbranched alkanes of at least 4 members (excludes halogenated alkanes) is 2. The number of nitrogens with zero attached hydrogens (tertiary/aromatic N) is 1. The van der Waals surface area contributed by atoms with Gasteiger partial charge in [0, 0.05) is 66.7 Å². The summed E-state index contributed by atoms with van der Waals surface area (Å²) in [4.78, 5) is 116. The van der Waals surface area contributed by atoms with Crippen molar-refractivity contribution in [1.82, 2.24) is 31.9 Å². The Morgan fingerprint density at radius 2 is 1.31 bits per heavy atom. The van der Waals surface area contributed by atoms with E-state index in [1.165, 1.54) is 19.4 Å². The highest BCUT2D eigenvalue weighted by Gasteiger charge is 2.34. The van der Waals surface area contributed by atoms with Crippen LogP contribution in [0.25, 0.3) is 5.57 Å². The van der Waals surface area contributed by atoms with Gasteiger partial charge in [-0.05, 0) is 67.5 Å². The van der Waals surface area contributed by atoms with Crippen LogP contribution in [0.3, 0.4) is 0 Å². The molecule has 1 aliphatic heterocycles. The Bertz CT molecular complexity index is 2190. The topological polar surface area (TPSA) is 290 Å². The molecule has 0 saturated carbocycles. The van der Waals surface area contributed by atoms with Crippen molar-refractivity contribution < 1.29 is 58.5 Å². The molecule has 0 radical (unpaired) electrons. The number of amides is 6. The number of thioether (sulfide) groups is 1. The fraction of sp³-hybridized carbons (Fsp3) is 0.426. The van der Waals surface area contributed by atoms with Crippen LogP contribution >= 0.6 is 11.8 Å². The normalized spacial score (nSPS) is 14.1. The van der Waals surface area contributed by atoms with Crippen LogP contribution < -0.4 is 36.8 Å². The Hall–Kier alpha value is -6.96. The van der Waals surface area contributed by atoms with Gasteiger partial charge >= 0.3 is 17.9 Å². The number of carboxylic acid groups (broad SMARTS) is 3. The molecule has 0 spiro atoms. The van der Waals surface area contributed by atoms with Crippen LogP contribution in [0.5, 0.6) is 0 Å². The Balaban J connectivity index is 1.48. The van der Waals surface area contributed by atoms with Crippen LogP contribution in [-0.2, 0) is 43.2 Å². The minimum absolute atomic E-state index is 0.0167. The third-order valence-corrected chi connectivity index (χ3v) is 11.3. The minimum atomic E-state index is -1.61. The molecule has 1 aliphatic rings. The number of para-hydroxylation sites is 1. The highest BCUT2D eigenvalue weighted by molar-refractivity contribution is 8.03. The number of hydrogen-bond acceptors (Lipinski definition) is 11. The van der Waals surface area contributed by atoms with Crippen molar-refractivity contribution in [3.63, 3.8) is 0 Å². The summed E-state index contributed by atoms with van der Waals surface area (Å²) < 4.78 is 0. The molecule has 3 rings (SSSR count). The summed E-state index contributed by atoms with van der Waals surface area (Å²) in [6.45, 7) is 11.1. The van der Waals surface area contributed by atoms with Crippen molar-refractivity contribution in [2.24, 2.45) is 5.92 Å². The van der Waals surface area contributed by atoms with Gasteiger partial charge < -0.3 is 52.1 Å². The summed E-state index contributed by atoms with van der Waals surface area (Å²) in [5.41, 5.74) is 4.44. The number of aryl methyl sites for hydroxylation is 1. The average molecular weight is 948 g/mol. The standard InChI is InChI=1S/C47H61N7O12S/c1-28(2)43(53-45(64)34(18-19-40(57)58)51-46(65)36(27-42(61)62)50-31(5)55)47(66)52-35(26-41(59)60)44(63)49-22-21-48-39(56)17-7-6-12-23-54-24-20-32(33-14-9-10-15-37(33)54)25-30(4)67-38-16-11-8-13-29(38)3/h8-11,13-16,20,24-25,28,34-36,43H,4,6-7,12,17-19,21-23,26-27H2,1-3,5H3,(H,48,56)(H,49,63)(H,50,55)(H,51,65)(H,52,66)(H,53,64)(H,57,58)(H,59,60)(H,61,62)/b32-25-/t34-,35-,36-,43-/m0/s1. The van der Waals surface area contributed by atoms with E-state index in [0.717, 1.165) is 52.9 Å². The fourth-order valence-corrected chi connectivity index (χ4v) is 7.70. The molecule has 20 heteroatoms. The van der Waals surface area contributed by atoms with Gasteiger partial charge in [-0.25, -0.2) is 0 Å². The van der Waals surface area contributed by atoms with Crippen molar-refractivity contribution >= 4 is 76.4 Å². The Labute approximate surface area is 393 Å². The number of benzene rings is 2. The van der Waals surface area contributed by atoms with E-state index in [1.807, 2.05) is 24.3 Å². The number of allylic oxidation sites excluding steroid dienone is 3. The SMILES string of the molecule is C=C(/C=C1/C=CN(CCCCCC(=O)NCCNC(=O)[C@H](CC(=O)O)NC(=O)[C@@H](NC(=O)[C@H](CCC(=O)O)NC(=O)[C@H](CC(=O)O)NC(C)=O)C(C)C)c2ccccc21)Sc1ccccc1C. The van der Waals surface area contributed by atoms with E-state index in [4.69, 9.17) is 0 Å². The fourth-order valence-electron chi connectivity index (χ4n) is 6.86. The maximum Gasteiger partial charge on any atom is 0.305 e. The molecular formula is C47H61N7O12S. The zero-order valence-electron chi connectivity index (χ0n) is 38.1. The molecule has 2 aromatic rings. The number of fused-ring (bicyclic) bond motifs is 1. The van der Waals surface area contributed by atoms with Gasteiger partial charge in [-0.15, -0.1) is 0 Å². The Morgan fingerprint density at radius 3 is 1.96 bits per heavy atom. The van der Waals surface area contributed by atoms with Gasteiger partial charge in [0.15, 0.2) is 0 Å². The number of carbonyl (C=O) groups is 9. The highest BCUT2D eigenvalue weighted by atomic mass is 32.2. The van der Waals surface area contributed by atoms with E-state index >= 15 is 0 Å². The van der Waals surface area contributed by atoms with Crippen LogP contribution in [0.4, 0.5) is 5.69 Å². The van der Waals surface area contributed by atoms with Crippen molar-refractivity contribution in [1.29, 1.82) is 0 Å². The van der Waals surface area contributed by atoms with E-state index in [1.54, 1.807) is 11.8 Å². The third kappa shape index (κ3) is 19.2. The lowest BCUT2D eigenvalue weighted by molar-refractivity contribution is -0.142. The van der Waals surface area contributed by atoms with Gasteiger partial charge in [0.25, 0.3) is 0 Å². The number of anilines is 1. The number of carbonyl (C=O) groups excluding carboxylic acids is 6. The lowest BCUT2D eigenvalue weighted by atomic mass is 9.99. The van der Waals surface area contributed by atoms with Crippen LogP contribution in [-0.4, -0.2) is 112 Å². The number of rotatable bonds is 28. The molecule has 0 saturated heterocycles. The van der Waals surface area contributed by atoms with Crippen LogP contribution in [0, 0.1) is 12.8 Å². The molecule has 19 nitrogen and oxygen atoms in total. The monoisotopic (exact) mass is 947 g/mol. The van der Waals surface area contributed by atoms with Crippen LogP contribution in [0.15, 0.2) is 83.3 Å². The third-order valence-electron chi connectivity index (χ3n) is 10.3. The lowest BCUT2D eigenvalue weighted by Crippen LogP contribution is -2.59. The van der Waals surface area contributed by atoms with Gasteiger partial charge in [0.2, 0.25) is 35.4 Å². The largest absolute Gasteiger partial charge is 0.481 e. The molecular weight excluding hydrogens is 887 g/mol. The van der Waals surface area contributed by atoms with Gasteiger partial charge in [-0.2, -0.15) is 0 Å². The second-order valence-electron chi connectivity index (χ2n) is 16.1. The number of hydrogen-bond donors (Lipinski definition) is 9. The summed E-state index contributed by atoms with van der Waals surface area (Å²) in [6.07, 6.45) is 5.89. The molecule has 67 heavy (non-hydrogen) atoms. The molecule has 9 N–H and O–H groups in total. The number of carboxylic acids is 3. The first kappa shape index (κ1) is 54.4. The van der Waals surface area contributed by atoms with Crippen molar-refractivity contribution in [2.75, 3.05) is 24.5 Å². The van der Waals surface area contributed by atoms with Crippen LogP contribution in [0.1, 0.15) is 83.3 Å². The summed E-state index contributed by atoms with van der Waals surface area (Å²) in [5, 5.41) is 42.2. The first-order chi connectivity index (χ1) is 31.7. The molecule has 2 aromatic carbocycles. The van der Waals surface area contributed by atoms with Gasteiger partial charge in [-0.3, -0.25) is 43.2 Å². The number of nitrogens with one attached hydrogen (secondary N) is 6. The van der Waals surface area contributed by atoms with Crippen LogP contribution in [0.2, 0.25) is 0 Å². The van der Waals surface area contributed by atoms with Crippen molar-refractivity contribution in [3.05, 3.63) is 89.5 Å². The molecule has 0 aromatic heterocycles. The maximum absolute atomic E-state index is 13.4. The maximum atomic E-state index is 13.4. The predicted molar refractivity (Wildman–Crippen MR) is 251 cm³/mol. The van der Waals surface area contributed by atoms with Gasteiger partial charge in [0.05, 0.1) is 12.8 Å². The van der Waals surface area contributed by atoms with Gasteiger partial charge in [-0.1, -0.05) is 75.0 Å². The summed E-state index contributed by atoms with van der Waals surface area (Å²) in [6, 6.07) is 10.1. The first-order valence-electron chi connectivity index (χ1n) is 21.8. The minimum Gasteiger partial charge on any atom is -0.481 e. The molecule has 0 bridgehead atoms. The molecule has 0 fully saturated rings. The zero-order valence-corrected chi connectivity index (χ0v) is 38.9. The molecule has 0 unspecified atom stereocenters. The quantitative estimate of drug-likeness (QED) is 0.0438. The molecule has 0 aliphatic carbocycles. The smallest absolute Gasteiger partial charge is 0.305 e. The van der Waals surface area contributed by atoms with E-state index in [-0.39, 0.29) is 25.4 Å². The highest BCUT2D eigenvalue weighted by Crippen LogP contribution is 2.36. The second-order valence-corrected chi connectivity index (χ2v) is 17.3. The molecule has 362 valence electrons. The van der Waals surface area contributed by atoms with Crippen molar-refractivity contribution in [3.8, 4) is 0 Å². The van der Waals surface area contributed by atoms with E-state index in [2.05, 4.69) is 92.9 Å². The molecule has 1 heterocycles. The lowest BCUT2D eigenvalue weighted by Gasteiger charge is -2.28. The number of aliphatic carboxylic acids is 3. The Morgan fingerprint density at radius 1 is 0.701 bits per heavy atom. The van der Waals surface area contributed by atoms with E-state index in [0.29, 0.717) is 6.42 Å². The summed E-state index contributed by atoms with van der Waals surface area (Å²) in [5.74, 6) is -9.88. The molecule has 6 amide bonds. The van der Waals surface area contributed by atoms with Crippen molar-refractivity contribution in [2.45, 2.75) is 108 Å². The second kappa shape index (κ2) is 27.5. The summed E-state index contributed by atoms with van der Waals surface area (Å²) >= 11 is 1.63. The Kier molecular flexibility index (Phi) is 22.3. The zero-order chi connectivity index (χ0) is 49.6. The average Bonchev–Trinajstić information content (AvgIpc) is 3.25. The molecule has 4 atom stereocenters. The first-order valence-corrected chi connectivity index (χ1v) is 22.6. The van der Waals surface area contributed by atoms with E-state index in [9.17, 15) is 58.5 Å².